The van der Waals surface area contributed by atoms with E-state index in [-0.39, 0.29) is 11.4 Å². The van der Waals surface area contributed by atoms with E-state index in [0.29, 0.717) is 16.9 Å². The average Bonchev–Trinajstić information content (AvgIpc) is 2.68. The zero-order valence-corrected chi connectivity index (χ0v) is 15.5. The van der Waals surface area contributed by atoms with Crippen LogP contribution in [0.5, 0.6) is 0 Å². The van der Waals surface area contributed by atoms with E-state index in [1.54, 1.807) is 36.4 Å². The fraction of sp³-hybridized carbons (Fsp3) is 0.0909. The number of hydrogen-bond donors (Lipinski definition) is 2. The number of nitrogens with one attached hydrogen (secondary N) is 2. The summed E-state index contributed by atoms with van der Waals surface area (Å²) in [5, 5.41) is 14.3. The molecule has 6 heteroatoms. The highest BCUT2D eigenvalue weighted by Crippen LogP contribution is 2.15. The Morgan fingerprint density at radius 1 is 0.821 bits per heavy atom. The predicted octanol–water partition coefficient (Wildman–Crippen LogP) is 4.07. The molecule has 0 saturated heterocycles. The molecule has 1 heterocycles. The molecular weight excluding hydrogens is 352 g/mol. The molecule has 0 saturated carbocycles. The van der Waals surface area contributed by atoms with E-state index in [1.165, 1.54) is 6.07 Å². The number of aryl methyl sites for hydroxylation is 2. The molecule has 3 aromatic rings. The van der Waals surface area contributed by atoms with Crippen LogP contribution in [0.2, 0.25) is 0 Å². The van der Waals surface area contributed by atoms with Crippen LogP contribution in [0, 0.1) is 25.2 Å². The summed E-state index contributed by atoms with van der Waals surface area (Å²) in [5.41, 5.74) is 4.07. The second-order valence-corrected chi connectivity index (χ2v) is 6.38. The van der Waals surface area contributed by atoms with Gasteiger partial charge in [-0.25, -0.2) is 4.98 Å². The third-order valence-corrected chi connectivity index (χ3v) is 3.97. The predicted molar refractivity (Wildman–Crippen MR) is 107 cm³/mol. The molecule has 0 atom stereocenters. The van der Waals surface area contributed by atoms with E-state index >= 15 is 0 Å². The Balaban J connectivity index is 1.74. The summed E-state index contributed by atoms with van der Waals surface area (Å²) in [4.78, 5) is 29.1. The number of aromatic nitrogens is 1. The number of nitrogens with zero attached hydrogens (tertiary/aromatic N) is 2. The number of amides is 2. The lowest BCUT2D eigenvalue weighted by molar-refractivity contribution is 0.101. The Kier molecular flexibility index (Phi) is 5.47. The molecule has 0 unspecified atom stereocenters. The highest BCUT2D eigenvalue weighted by atomic mass is 16.2. The van der Waals surface area contributed by atoms with Crippen molar-refractivity contribution in [1.29, 1.82) is 5.26 Å². The Labute approximate surface area is 162 Å². The molecule has 0 aliphatic carbocycles. The van der Waals surface area contributed by atoms with Gasteiger partial charge in [0.1, 0.15) is 11.4 Å². The van der Waals surface area contributed by atoms with Crippen molar-refractivity contribution in [1.82, 2.24) is 4.98 Å². The third kappa shape index (κ3) is 4.59. The van der Waals surface area contributed by atoms with Crippen LogP contribution < -0.4 is 10.6 Å². The smallest absolute Gasteiger partial charge is 0.274 e. The molecule has 2 amide bonds. The van der Waals surface area contributed by atoms with Gasteiger partial charge in [-0.05, 0) is 73.5 Å². The second kappa shape index (κ2) is 8.14. The Morgan fingerprint density at radius 2 is 1.36 bits per heavy atom. The van der Waals surface area contributed by atoms with Gasteiger partial charge in [-0.3, -0.25) is 9.59 Å². The first kappa shape index (κ1) is 18.8. The molecule has 0 radical (unpaired) electrons. The third-order valence-electron chi connectivity index (χ3n) is 3.97. The minimum Gasteiger partial charge on any atom is -0.321 e. The number of anilines is 2. The molecule has 6 nitrogen and oxygen atoms in total. The van der Waals surface area contributed by atoms with Gasteiger partial charge in [0.05, 0.1) is 11.6 Å². The topological polar surface area (TPSA) is 94.9 Å². The van der Waals surface area contributed by atoms with Gasteiger partial charge in [0, 0.05) is 11.4 Å². The van der Waals surface area contributed by atoms with Gasteiger partial charge in [0.25, 0.3) is 11.8 Å². The molecule has 0 aliphatic heterocycles. The van der Waals surface area contributed by atoms with Crippen LogP contribution in [0.1, 0.15) is 37.7 Å². The maximum Gasteiger partial charge on any atom is 0.274 e. The van der Waals surface area contributed by atoms with Gasteiger partial charge in [-0.2, -0.15) is 5.26 Å². The standard InChI is InChI=1S/C22H18N4O2/c1-14-10-15(2)12-18(11-14)25-22(28)20-5-3-4-19(26-20)21(27)24-17-8-6-16(13-23)7-9-17/h3-12H,1-2H3,(H,24,27)(H,25,28). The second-order valence-electron chi connectivity index (χ2n) is 6.38. The lowest BCUT2D eigenvalue weighted by Crippen LogP contribution is -2.18. The normalized spacial score (nSPS) is 10.0. The van der Waals surface area contributed by atoms with Crippen LogP contribution in [-0.4, -0.2) is 16.8 Å². The molecule has 0 aliphatic rings. The molecule has 0 fully saturated rings. The molecule has 0 spiro atoms. The summed E-state index contributed by atoms with van der Waals surface area (Å²) in [7, 11) is 0. The van der Waals surface area contributed by atoms with Gasteiger partial charge in [-0.1, -0.05) is 12.1 Å². The zero-order valence-electron chi connectivity index (χ0n) is 15.5. The average molecular weight is 370 g/mol. The first-order chi connectivity index (χ1) is 13.4. The summed E-state index contributed by atoms with van der Waals surface area (Å²) < 4.78 is 0. The van der Waals surface area contributed by atoms with E-state index in [9.17, 15) is 9.59 Å². The fourth-order valence-corrected chi connectivity index (χ4v) is 2.75. The van der Waals surface area contributed by atoms with Gasteiger partial charge in [-0.15, -0.1) is 0 Å². The van der Waals surface area contributed by atoms with Crippen LogP contribution >= 0.6 is 0 Å². The number of rotatable bonds is 4. The van der Waals surface area contributed by atoms with Crippen LogP contribution in [0.15, 0.2) is 60.7 Å². The summed E-state index contributed by atoms with van der Waals surface area (Å²) in [6, 6.07) is 18.9. The fourth-order valence-electron chi connectivity index (χ4n) is 2.75. The Bertz CT molecular complexity index is 1060. The van der Waals surface area contributed by atoms with Crippen LogP contribution in [0.25, 0.3) is 0 Å². The number of nitriles is 1. The summed E-state index contributed by atoms with van der Waals surface area (Å²) in [5.74, 6) is -0.830. The van der Waals surface area contributed by atoms with Gasteiger partial charge >= 0.3 is 0 Å². The van der Waals surface area contributed by atoms with Crippen molar-refractivity contribution in [2.75, 3.05) is 10.6 Å². The van der Waals surface area contributed by atoms with Crippen molar-refractivity contribution < 1.29 is 9.59 Å². The van der Waals surface area contributed by atoms with Gasteiger partial charge < -0.3 is 10.6 Å². The molecule has 1 aromatic heterocycles. The SMILES string of the molecule is Cc1cc(C)cc(NC(=O)c2cccc(C(=O)Nc3ccc(C#N)cc3)n2)c1. The molecule has 2 N–H and O–H groups in total. The van der Waals surface area contributed by atoms with Crippen molar-refractivity contribution in [2.24, 2.45) is 0 Å². The molecule has 3 rings (SSSR count). The number of carbonyl (C=O) groups excluding carboxylic acids is 2. The lowest BCUT2D eigenvalue weighted by atomic mass is 10.1. The van der Waals surface area contributed by atoms with E-state index < -0.39 is 11.8 Å². The highest BCUT2D eigenvalue weighted by molar-refractivity contribution is 6.06. The van der Waals surface area contributed by atoms with Crippen LogP contribution in [0.3, 0.4) is 0 Å². The van der Waals surface area contributed by atoms with E-state index in [4.69, 9.17) is 5.26 Å². The summed E-state index contributed by atoms with van der Waals surface area (Å²) in [6.07, 6.45) is 0. The van der Waals surface area contributed by atoms with Gasteiger partial charge in [0.2, 0.25) is 0 Å². The van der Waals surface area contributed by atoms with Gasteiger partial charge in [0.15, 0.2) is 0 Å². The van der Waals surface area contributed by atoms with Crippen molar-refractivity contribution in [3.8, 4) is 6.07 Å². The van der Waals surface area contributed by atoms with E-state index in [1.807, 2.05) is 38.1 Å². The van der Waals surface area contributed by atoms with Crippen LogP contribution in [0.4, 0.5) is 11.4 Å². The summed E-state index contributed by atoms with van der Waals surface area (Å²) in [6.45, 7) is 3.91. The molecular formula is C22H18N4O2. The van der Waals surface area contributed by atoms with Crippen LogP contribution in [-0.2, 0) is 0 Å². The molecule has 28 heavy (non-hydrogen) atoms. The van der Waals surface area contributed by atoms with E-state index in [0.717, 1.165) is 11.1 Å². The Morgan fingerprint density at radius 3 is 1.89 bits per heavy atom. The molecule has 2 aromatic carbocycles. The molecule has 0 bridgehead atoms. The quantitative estimate of drug-likeness (QED) is 0.723. The minimum atomic E-state index is -0.439. The first-order valence-electron chi connectivity index (χ1n) is 8.63. The monoisotopic (exact) mass is 370 g/mol. The number of pyridine rings is 1. The van der Waals surface area contributed by atoms with E-state index in [2.05, 4.69) is 15.6 Å². The van der Waals surface area contributed by atoms with Crippen molar-refractivity contribution >= 4 is 23.2 Å². The Hall–Kier alpha value is -3.98. The van der Waals surface area contributed by atoms with Crippen molar-refractivity contribution in [3.05, 3.63) is 88.7 Å². The summed E-state index contributed by atoms with van der Waals surface area (Å²) >= 11 is 0. The number of carbonyl (C=O) groups is 2. The lowest BCUT2D eigenvalue weighted by Gasteiger charge is -2.09. The largest absolute Gasteiger partial charge is 0.321 e. The first-order valence-corrected chi connectivity index (χ1v) is 8.63. The maximum atomic E-state index is 12.5. The number of benzene rings is 2. The zero-order chi connectivity index (χ0) is 20.1. The maximum absolute atomic E-state index is 12.5. The minimum absolute atomic E-state index is 0.123. The molecule has 138 valence electrons. The van der Waals surface area contributed by atoms with Crippen molar-refractivity contribution in [3.63, 3.8) is 0 Å². The highest BCUT2D eigenvalue weighted by Gasteiger charge is 2.13. The number of hydrogen-bond acceptors (Lipinski definition) is 4. The van der Waals surface area contributed by atoms with Crippen molar-refractivity contribution in [2.45, 2.75) is 13.8 Å².